The van der Waals surface area contributed by atoms with Gasteiger partial charge in [0, 0.05) is 19.5 Å². The van der Waals surface area contributed by atoms with Crippen molar-refractivity contribution in [3.63, 3.8) is 0 Å². The van der Waals surface area contributed by atoms with E-state index in [0.717, 1.165) is 12.8 Å². The van der Waals surface area contributed by atoms with Gasteiger partial charge in [-0.05, 0) is 55.5 Å². The lowest BCUT2D eigenvalue weighted by atomic mass is 9.96. The van der Waals surface area contributed by atoms with Crippen LogP contribution >= 0.6 is 0 Å². The lowest BCUT2D eigenvalue weighted by Crippen LogP contribution is -2.42. The fraction of sp³-hybridized carbons (Fsp3) is 0.458. The van der Waals surface area contributed by atoms with Crippen LogP contribution in [0.5, 0.6) is 5.75 Å². The second-order valence-corrected chi connectivity index (χ2v) is 7.70. The van der Waals surface area contributed by atoms with E-state index in [1.54, 1.807) is 11.8 Å². The topological polar surface area (TPSA) is 97.7 Å². The number of oxime groups is 1. The summed E-state index contributed by atoms with van der Waals surface area (Å²) in [4.78, 5) is 32.1. The van der Waals surface area contributed by atoms with Crippen LogP contribution in [0.4, 0.5) is 0 Å². The number of esters is 1. The Morgan fingerprint density at radius 3 is 2.69 bits per heavy atom. The van der Waals surface area contributed by atoms with Gasteiger partial charge in [0.25, 0.3) is 5.91 Å². The van der Waals surface area contributed by atoms with Gasteiger partial charge in [-0.15, -0.1) is 0 Å². The second kappa shape index (κ2) is 12.0. The average Bonchev–Trinajstić information content (AvgIpc) is 2.77. The third kappa shape index (κ3) is 6.95. The van der Waals surface area contributed by atoms with E-state index in [4.69, 9.17) is 14.3 Å². The zero-order chi connectivity index (χ0) is 22.8. The van der Waals surface area contributed by atoms with Crippen LogP contribution in [0.2, 0.25) is 0 Å². The Hall–Kier alpha value is -3.13. The molecule has 1 saturated heterocycles. The minimum Gasteiger partial charge on any atom is -0.508 e. The Morgan fingerprint density at radius 1 is 1.12 bits per heavy atom. The van der Waals surface area contributed by atoms with Gasteiger partial charge in [0.15, 0.2) is 6.61 Å². The van der Waals surface area contributed by atoms with Crippen LogP contribution in [0.25, 0.3) is 0 Å². The van der Waals surface area contributed by atoms with Crippen molar-refractivity contribution in [2.24, 2.45) is 5.16 Å². The zero-order valence-electron chi connectivity index (χ0n) is 18.4. The van der Waals surface area contributed by atoms with Gasteiger partial charge in [0.2, 0.25) is 0 Å². The highest BCUT2D eigenvalue weighted by Gasteiger charge is 2.19. The molecule has 0 spiro atoms. The van der Waals surface area contributed by atoms with Gasteiger partial charge in [0.1, 0.15) is 5.75 Å². The number of rotatable bonds is 3. The summed E-state index contributed by atoms with van der Waals surface area (Å²) in [6, 6.07) is 3.07. The third-order valence-corrected chi connectivity index (χ3v) is 5.21. The first-order chi connectivity index (χ1) is 15.5. The Bertz CT molecular complexity index is 900. The molecule has 1 aromatic rings. The van der Waals surface area contributed by atoms with Crippen molar-refractivity contribution in [2.45, 2.75) is 32.6 Å². The molecule has 0 atom stereocenters. The van der Waals surface area contributed by atoms with Crippen LogP contribution in [-0.2, 0) is 25.5 Å². The molecular formula is C24H30N2O6. The van der Waals surface area contributed by atoms with Crippen molar-refractivity contribution in [2.75, 3.05) is 39.5 Å². The van der Waals surface area contributed by atoms with E-state index in [9.17, 15) is 14.7 Å². The first-order valence-corrected chi connectivity index (χ1v) is 10.9. The number of carbonyl (C=O) groups is 2. The molecule has 0 bridgehead atoms. The van der Waals surface area contributed by atoms with Crippen molar-refractivity contribution in [1.29, 1.82) is 0 Å². The van der Waals surface area contributed by atoms with Gasteiger partial charge in [-0.3, -0.25) is 4.79 Å². The highest BCUT2D eigenvalue weighted by molar-refractivity contribution is 6.00. The summed E-state index contributed by atoms with van der Waals surface area (Å²) in [5, 5.41) is 14.3. The molecular weight excluding hydrogens is 412 g/mol. The predicted molar refractivity (Wildman–Crippen MR) is 120 cm³/mol. The molecule has 1 aromatic carbocycles. The fourth-order valence-electron chi connectivity index (χ4n) is 3.60. The number of phenolic OH excluding ortho intramolecular Hbond substituents is 1. The quantitative estimate of drug-likeness (QED) is 0.439. The van der Waals surface area contributed by atoms with E-state index >= 15 is 0 Å². The first-order valence-electron chi connectivity index (χ1n) is 10.9. The van der Waals surface area contributed by atoms with Crippen LogP contribution in [-0.4, -0.2) is 67.1 Å². The molecule has 3 rings (SSSR count). The van der Waals surface area contributed by atoms with E-state index in [1.165, 1.54) is 12.1 Å². The molecule has 8 nitrogen and oxygen atoms in total. The van der Waals surface area contributed by atoms with Crippen molar-refractivity contribution < 1.29 is 29.0 Å². The zero-order valence-corrected chi connectivity index (χ0v) is 18.4. The molecule has 1 amide bonds. The molecule has 32 heavy (non-hydrogen) atoms. The molecule has 2 aliphatic heterocycles. The Labute approximate surface area is 188 Å². The normalized spacial score (nSPS) is 21.2. The van der Waals surface area contributed by atoms with Gasteiger partial charge in [-0.25, -0.2) is 4.79 Å². The maximum atomic E-state index is 12.7. The monoisotopic (exact) mass is 442 g/mol. The smallest absolute Gasteiger partial charge is 0.338 e. The van der Waals surface area contributed by atoms with Crippen molar-refractivity contribution in [1.82, 2.24) is 4.90 Å². The lowest BCUT2D eigenvalue weighted by Gasteiger charge is -2.26. The molecule has 0 aromatic heterocycles. The van der Waals surface area contributed by atoms with Crippen LogP contribution in [0.15, 0.2) is 41.6 Å². The van der Waals surface area contributed by atoms with Gasteiger partial charge in [0.05, 0.1) is 31.1 Å². The maximum Gasteiger partial charge on any atom is 0.338 e. The summed E-state index contributed by atoms with van der Waals surface area (Å²) in [6.07, 6.45) is 10.4. The number of phenols is 1. The van der Waals surface area contributed by atoms with Crippen molar-refractivity contribution >= 4 is 17.6 Å². The number of fused-ring (bicyclic) bond motifs is 1. The Morgan fingerprint density at radius 2 is 1.88 bits per heavy atom. The summed E-state index contributed by atoms with van der Waals surface area (Å²) in [7, 11) is 0. The standard InChI is InChI=1S/C24H30N2O6/c1-18-14-21(27)16-19-15-20(25-32-17-22(28)26-9-12-30-13-10-26)8-6-4-2-3-5-7-11-31-24(29)23(18)19/h3,5-6,8,14,16,27H,2,4,7,9-13,15,17H2,1H3/b5-3+,8-6+,25-20+. The second-order valence-electron chi connectivity index (χ2n) is 7.70. The molecule has 1 fully saturated rings. The number of nitrogens with zero attached hydrogens (tertiary/aromatic N) is 2. The van der Waals surface area contributed by atoms with E-state index in [-0.39, 0.29) is 24.7 Å². The molecule has 0 aliphatic carbocycles. The highest BCUT2D eigenvalue weighted by Crippen LogP contribution is 2.24. The van der Waals surface area contributed by atoms with Crippen molar-refractivity contribution in [3.8, 4) is 5.75 Å². The number of ether oxygens (including phenoxy) is 2. The molecule has 1 N–H and O–H groups in total. The summed E-state index contributed by atoms with van der Waals surface area (Å²) in [5.74, 6) is -0.523. The molecule has 0 radical (unpaired) electrons. The van der Waals surface area contributed by atoms with E-state index < -0.39 is 5.97 Å². The highest BCUT2D eigenvalue weighted by atomic mass is 16.6. The largest absolute Gasteiger partial charge is 0.508 e. The fourth-order valence-corrected chi connectivity index (χ4v) is 3.60. The minimum atomic E-state index is -0.435. The Balaban J connectivity index is 1.80. The number of amides is 1. The number of morpholine rings is 1. The van der Waals surface area contributed by atoms with E-state index in [2.05, 4.69) is 11.2 Å². The number of aromatic hydroxyl groups is 1. The number of hydrogen-bond acceptors (Lipinski definition) is 7. The van der Waals surface area contributed by atoms with Crippen LogP contribution in [0.3, 0.4) is 0 Å². The first kappa shape index (κ1) is 23.5. The van der Waals surface area contributed by atoms with Gasteiger partial charge in [-0.2, -0.15) is 0 Å². The summed E-state index contributed by atoms with van der Waals surface area (Å²) >= 11 is 0. The molecule has 0 unspecified atom stereocenters. The number of carbonyl (C=O) groups excluding carboxylic acids is 2. The average molecular weight is 443 g/mol. The summed E-state index contributed by atoms with van der Waals surface area (Å²) in [5.41, 5.74) is 2.17. The molecule has 8 heteroatoms. The van der Waals surface area contributed by atoms with Crippen LogP contribution in [0, 0.1) is 6.92 Å². The summed E-state index contributed by atoms with van der Waals surface area (Å²) < 4.78 is 10.7. The number of cyclic esters (lactones) is 1. The van der Waals surface area contributed by atoms with E-state index in [1.807, 2.05) is 18.2 Å². The van der Waals surface area contributed by atoms with Crippen molar-refractivity contribution in [3.05, 3.63) is 53.1 Å². The number of allylic oxidation sites excluding steroid dienone is 3. The van der Waals surface area contributed by atoms with Crippen LogP contribution < -0.4 is 0 Å². The van der Waals surface area contributed by atoms with E-state index in [0.29, 0.717) is 61.7 Å². The molecule has 172 valence electrons. The number of aryl methyl sites for hydroxylation is 1. The van der Waals surface area contributed by atoms with Gasteiger partial charge < -0.3 is 24.3 Å². The molecule has 2 aliphatic rings. The number of hydrogen-bond donors (Lipinski definition) is 1. The molecule has 0 saturated carbocycles. The van der Waals surface area contributed by atoms with Gasteiger partial charge in [-0.1, -0.05) is 23.4 Å². The minimum absolute atomic E-state index is 0.0600. The molecule has 2 heterocycles. The summed E-state index contributed by atoms with van der Waals surface area (Å²) in [6.45, 7) is 4.00. The maximum absolute atomic E-state index is 12.7. The lowest BCUT2D eigenvalue weighted by molar-refractivity contribution is -0.140. The SMILES string of the molecule is Cc1cc(O)cc2c1C(=O)OCC/C=C/CC/C=C/C(=N\OCC(=O)N1CCOCC1)C2. The van der Waals surface area contributed by atoms with Crippen LogP contribution in [0.1, 0.15) is 40.7 Å². The Kier molecular flexibility index (Phi) is 8.86. The predicted octanol–water partition coefficient (Wildman–Crippen LogP) is 2.93. The van der Waals surface area contributed by atoms with Gasteiger partial charge >= 0.3 is 5.97 Å². The third-order valence-electron chi connectivity index (χ3n) is 5.21. The number of benzene rings is 1.